The van der Waals surface area contributed by atoms with Crippen molar-refractivity contribution in [1.82, 2.24) is 4.90 Å². The van der Waals surface area contributed by atoms with Crippen LogP contribution in [0.2, 0.25) is 0 Å². The van der Waals surface area contributed by atoms with Gasteiger partial charge in [-0.15, -0.1) is 0 Å². The number of rotatable bonds is 9. The number of hydrogen-bond donors (Lipinski definition) is 0. The van der Waals surface area contributed by atoms with Crippen molar-refractivity contribution in [2.24, 2.45) is 0 Å². The van der Waals surface area contributed by atoms with Gasteiger partial charge in [-0.25, -0.2) is 0 Å². The summed E-state index contributed by atoms with van der Waals surface area (Å²) in [7, 11) is 1.67. The number of benzene rings is 3. The minimum absolute atomic E-state index is 0.844. The highest BCUT2D eigenvalue weighted by molar-refractivity contribution is 5.62. The highest BCUT2D eigenvalue weighted by Gasteiger charge is 2.14. The monoisotopic (exact) mass is 414 g/mol. The van der Waals surface area contributed by atoms with Crippen LogP contribution in [0.4, 0.5) is 11.4 Å². The zero-order valence-electron chi connectivity index (χ0n) is 18.1. The van der Waals surface area contributed by atoms with Crippen LogP contribution in [0.3, 0.4) is 0 Å². The quantitative estimate of drug-likeness (QED) is 0.436. The van der Waals surface area contributed by atoms with Crippen LogP contribution in [0.25, 0.3) is 0 Å². The highest BCUT2D eigenvalue weighted by Crippen LogP contribution is 2.25. The van der Waals surface area contributed by atoms with Gasteiger partial charge in [-0.3, -0.25) is 4.90 Å². The molecule has 0 N–H and O–H groups in total. The van der Waals surface area contributed by atoms with Crippen LogP contribution in [0.1, 0.15) is 12.8 Å². The maximum Gasteiger partial charge on any atom is 0.127 e. The van der Waals surface area contributed by atoms with Crippen molar-refractivity contribution in [2.45, 2.75) is 12.8 Å². The molecule has 31 heavy (non-hydrogen) atoms. The second kappa shape index (κ2) is 10.7. The van der Waals surface area contributed by atoms with Crippen molar-refractivity contribution in [3.8, 4) is 11.5 Å². The Bertz CT molecular complexity index is 916. The summed E-state index contributed by atoms with van der Waals surface area (Å²) in [6, 6.07) is 29.0. The lowest BCUT2D eigenvalue weighted by Gasteiger charge is -2.29. The van der Waals surface area contributed by atoms with Gasteiger partial charge in [0.2, 0.25) is 0 Å². The first-order chi connectivity index (χ1) is 15.3. The number of hydrogen-bond acceptors (Lipinski definition) is 4. The molecular formula is C27H30N2O2. The van der Waals surface area contributed by atoms with Gasteiger partial charge in [-0.2, -0.15) is 0 Å². The van der Waals surface area contributed by atoms with Crippen LogP contribution < -0.4 is 14.4 Å². The Hall–Kier alpha value is -3.24. The fourth-order valence-corrected chi connectivity index (χ4v) is 3.86. The second-order valence-electron chi connectivity index (χ2n) is 7.67. The fraction of sp³-hybridized carbons (Fsp3) is 0.259. The van der Waals surface area contributed by atoms with Gasteiger partial charge in [0, 0.05) is 44.0 Å². The van der Waals surface area contributed by atoms with Crippen molar-refractivity contribution in [3.63, 3.8) is 0 Å². The van der Waals surface area contributed by atoms with Gasteiger partial charge >= 0.3 is 0 Å². The number of nitrogens with zero attached hydrogens (tertiary/aromatic N) is 2. The van der Waals surface area contributed by atoms with E-state index < -0.39 is 0 Å². The molecule has 0 radical (unpaired) electrons. The predicted molar refractivity (Wildman–Crippen MR) is 127 cm³/mol. The molecule has 3 aromatic rings. The van der Waals surface area contributed by atoms with Crippen molar-refractivity contribution in [3.05, 3.63) is 96.8 Å². The molecule has 0 fully saturated rings. The van der Waals surface area contributed by atoms with Crippen LogP contribution in [0.5, 0.6) is 11.5 Å². The predicted octanol–water partition coefficient (Wildman–Crippen LogP) is 5.89. The summed E-state index contributed by atoms with van der Waals surface area (Å²) < 4.78 is 11.2. The average Bonchev–Trinajstić information content (AvgIpc) is 2.84. The van der Waals surface area contributed by atoms with Gasteiger partial charge in [0.1, 0.15) is 17.3 Å². The maximum absolute atomic E-state index is 6.03. The summed E-state index contributed by atoms with van der Waals surface area (Å²) in [5, 5.41) is 0. The molecule has 1 aliphatic rings. The number of anilines is 2. The summed E-state index contributed by atoms with van der Waals surface area (Å²) in [6.07, 6.45) is 4.25. The molecule has 0 aromatic heterocycles. The molecule has 0 saturated carbocycles. The van der Waals surface area contributed by atoms with Crippen molar-refractivity contribution in [1.29, 1.82) is 0 Å². The molecule has 0 atom stereocenters. The van der Waals surface area contributed by atoms with Crippen LogP contribution in [-0.4, -0.2) is 38.2 Å². The average molecular weight is 415 g/mol. The smallest absolute Gasteiger partial charge is 0.127 e. The molecule has 4 nitrogen and oxygen atoms in total. The molecule has 1 aliphatic heterocycles. The molecule has 160 valence electrons. The van der Waals surface area contributed by atoms with Crippen molar-refractivity contribution >= 4 is 11.4 Å². The Morgan fingerprint density at radius 3 is 1.97 bits per heavy atom. The van der Waals surface area contributed by atoms with E-state index in [9.17, 15) is 0 Å². The van der Waals surface area contributed by atoms with Gasteiger partial charge in [0.05, 0.1) is 7.11 Å². The standard InChI is InChI=1S/C27H30N2O2/c1-30-25-13-15-26(16-14-25)31-27-17-21-28(22-18-27)19-8-20-29(23-9-4-2-5-10-23)24-11-6-3-7-12-24/h2-7,9-17H,8,18-22H2,1H3. The van der Waals surface area contributed by atoms with Gasteiger partial charge < -0.3 is 14.4 Å². The lowest BCUT2D eigenvalue weighted by atomic mass is 10.2. The molecule has 4 rings (SSSR count). The van der Waals surface area contributed by atoms with Crippen LogP contribution in [0.15, 0.2) is 96.8 Å². The van der Waals surface area contributed by atoms with Gasteiger partial charge in [-0.05, 0) is 61.0 Å². The molecule has 0 amide bonds. The molecule has 4 heteroatoms. The van der Waals surface area contributed by atoms with Gasteiger partial charge in [0.25, 0.3) is 0 Å². The third-order valence-electron chi connectivity index (χ3n) is 5.55. The third kappa shape index (κ3) is 5.89. The summed E-state index contributed by atoms with van der Waals surface area (Å²) >= 11 is 0. The Labute approximate surface area is 185 Å². The first-order valence-corrected chi connectivity index (χ1v) is 10.9. The molecule has 0 aliphatic carbocycles. The zero-order valence-corrected chi connectivity index (χ0v) is 18.1. The van der Waals surface area contributed by atoms with E-state index in [2.05, 4.69) is 76.5 Å². The topological polar surface area (TPSA) is 24.9 Å². The number of methoxy groups -OCH3 is 1. The molecule has 1 heterocycles. The SMILES string of the molecule is COc1ccc(OC2=CCN(CCCN(c3ccccc3)c3ccccc3)CC2)cc1. The summed E-state index contributed by atoms with van der Waals surface area (Å²) in [6.45, 7) is 4.02. The van der Waals surface area contributed by atoms with Gasteiger partial charge in [-0.1, -0.05) is 36.4 Å². The lowest BCUT2D eigenvalue weighted by molar-refractivity contribution is 0.260. The van der Waals surface area contributed by atoms with Gasteiger partial charge in [0.15, 0.2) is 0 Å². The molecular weight excluding hydrogens is 384 g/mol. The summed E-state index contributed by atoms with van der Waals surface area (Å²) in [5.41, 5.74) is 2.48. The Morgan fingerprint density at radius 1 is 0.806 bits per heavy atom. The minimum Gasteiger partial charge on any atom is -0.497 e. The molecule has 3 aromatic carbocycles. The van der Waals surface area contributed by atoms with E-state index >= 15 is 0 Å². The van der Waals surface area contributed by atoms with Crippen molar-refractivity contribution < 1.29 is 9.47 Å². The van der Waals surface area contributed by atoms with Crippen LogP contribution >= 0.6 is 0 Å². The molecule has 0 saturated heterocycles. The fourth-order valence-electron chi connectivity index (χ4n) is 3.86. The minimum atomic E-state index is 0.844. The van der Waals surface area contributed by atoms with Crippen LogP contribution in [-0.2, 0) is 0 Å². The van der Waals surface area contributed by atoms with E-state index in [1.54, 1.807) is 7.11 Å². The lowest BCUT2D eigenvalue weighted by Crippen LogP contribution is -2.32. The van der Waals surface area contributed by atoms with E-state index in [-0.39, 0.29) is 0 Å². The summed E-state index contributed by atoms with van der Waals surface area (Å²) in [4.78, 5) is 4.90. The van der Waals surface area contributed by atoms with E-state index in [1.807, 2.05) is 24.3 Å². The number of ether oxygens (including phenoxy) is 2. The maximum atomic E-state index is 6.03. The largest absolute Gasteiger partial charge is 0.497 e. The second-order valence-corrected chi connectivity index (χ2v) is 7.67. The molecule has 0 bridgehead atoms. The van der Waals surface area contributed by atoms with E-state index in [0.29, 0.717) is 0 Å². The van der Waals surface area contributed by atoms with E-state index in [1.165, 1.54) is 11.4 Å². The number of para-hydroxylation sites is 2. The van der Waals surface area contributed by atoms with E-state index in [0.717, 1.165) is 56.3 Å². The van der Waals surface area contributed by atoms with Crippen molar-refractivity contribution in [2.75, 3.05) is 38.2 Å². The first kappa shape index (κ1) is 21.0. The Morgan fingerprint density at radius 2 is 1.42 bits per heavy atom. The Balaban J connectivity index is 1.29. The molecule has 0 spiro atoms. The Kier molecular flexibility index (Phi) is 7.24. The highest BCUT2D eigenvalue weighted by atomic mass is 16.5. The van der Waals surface area contributed by atoms with Crippen LogP contribution in [0, 0.1) is 0 Å². The van der Waals surface area contributed by atoms with E-state index in [4.69, 9.17) is 9.47 Å². The normalized spacial score (nSPS) is 14.0. The summed E-state index contributed by atoms with van der Waals surface area (Å²) in [5.74, 6) is 2.76. The third-order valence-corrected chi connectivity index (χ3v) is 5.55. The zero-order chi connectivity index (χ0) is 21.3. The first-order valence-electron chi connectivity index (χ1n) is 10.9. The molecule has 0 unspecified atom stereocenters.